The highest BCUT2D eigenvalue weighted by atomic mass is 32.2. The maximum absolute atomic E-state index is 12.1. The van der Waals surface area contributed by atoms with E-state index in [1.165, 1.54) is 31.4 Å². The van der Waals surface area contributed by atoms with Crippen LogP contribution in [0.15, 0.2) is 47.4 Å². The van der Waals surface area contributed by atoms with Crippen molar-refractivity contribution in [1.82, 2.24) is 10.3 Å². The van der Waals surface area contributed by atoms with Gasteiger partial charge >= 0.3 is 0 Å². The lowest BCUT2D eigenvalue weighted by molar-refractivity contribution is -0.123. The van der Waals surface area contributed by atoms with Crippen LogP contribution in [0.3, 0.4) is 0 Å². The molecule has 0 aliphatic carbocycles. The van der Waals surface area contributed by atoms with Gasteiger partial charge in [0.05, 0.1) is 12.0 Å². The minimum absolute atomic E-state index is 0.00341. The summed E-state index contributed by atoms with van der Waals surface area (Å²) < 4.78 is 34.5. The van der Waals surface area contributed by atoms with Crippen molar-refractivity contribution >= 4 is 15.9 Å². The molecule has 0 radical (unpaired) electrons. The molecule has 7 nitrogen and oxygen atoms in total. The molecule has 0 atom stereocenters. The second-order valence-electron chi connectivity index (χ2n) is 5.36. The van der Waals surface area contributed by atoms with Crippen molar-refractivity contribution in [2.45, 2.75) is 18.7 Å². The van der Waals surface area contributed by atoms with Gasteiger partial charge in [-0.15, -0.1) is 4.83 Å². The van der Waals surface area contributed by atoms with Crippen molar-refractivity contribution in [3.63, 3.8) is 0 Å². The molecule has 0 aliphatic rings. The van der Waals surface area contributed by atoms with E-state index in [9.17, 15) is 13.2 Å². The highest BCUT2D eigenvalue weighted by Gasteiger charge is 2.15. The Morgan fingerprint density at radius 3 is 2.24 bits per heavy atom. The summed E-state index contributed by atoms with van der Waals surface area (Å²) in [7, 11) is -2.39. The minimum Gasteiger partial charge on any atom is -0.497 e. The molecule has 0 saturated carbocycles. The molecule has 2 rings (SSSR count). The van der Waals surface area contributed by atoms with Crippen LogP contribution in [0.25, 0.3) is 0 Å². The van der Waals surface area contributed by atoms with Crippen LogP contribution in [0.5, 0.6) is 11.5 Å². The number of rotatable bonds is 7. The number of hydrogen-bond donors (Lipinski definition) is 2. The molecule has 8 heteroatoms. The molecule has 0 aliphatic heterocycles. The number of aryl methyl sites for hydroxylation is 2. The maximum atomic E-state index is 12.1. The van der Waals surface area contributed by atoms with Gasteiger partial charge in [0.2, 0.25) is 0 Å². The Bertz CT molecular complexity index is 848. The van der Waals surface area contributed by atoms with Crippen LogP contribution in [0.1, 0.15) is 11.1 Å². The number of ether oxygens (including phenoxy) is 2. The zero-order valence-electron chi connectivity index (χ0n) is 14.2. The van der Waals surface area contributed by atoms with Gasteiger partial charge in [-0.05, 0) is 61.4 Å². The second kappa shape index (κ2) is 8.00. The van der Waals surface area contributed by atoms with Gasteiger partial charge in [0.1, 0.15) is 11.5 Å². The molecular formula is C17H20N2O5S. The predicted octanol–water partition coefficient (Wildman–Crippen LogP) is 1.70. The first kappa shape index (κ1) is 18.8. The van der Waals surface area contributed by atoms with Crippen LogP contribution in [0.2, 0.25) is 0 Å². The number of amides is 1. The van der Waals surface area contributed by atoms with Crippen LogP contribution >= 0.6 is 0 Å². The molecule has 2 aromatic carbocycles. The number of sulfonamides is 1. The van der Waals surface area contributed by atoms with Gasteiger partial charge in [-0.2, -0.15) is 0 Å². The SMILES string of the molecule is COc1ccc(S(=O)(=O)NNC(=O)COc2ccc(C)c(C)c2)cc1. The van der Waals surface area contributed by atoms with Crippen molar-refractivity contribution < 1.29 is 22.7 Å². The molecular weight excluding hydrogens is 344 g/mol. The molecule has 0 saturated heterocycles. The first-order valence-electron chi connectivity index (χ1n) is 7.46. The minimum atomic E-state index is -3.87. The molecule has 25 heavy (non-hydrogen) atoms. The van der Waals surface area contributed by atoms with E-state index in [-0.39, 0.29) is 11.5 Å². The lowest BCUT2D eigenvalue weighted by Gasteiger charge is -2.10. The average molecular weight is 364 g/mol. The van der Waals surface area contributed by atoms with Crippen LogP contribution in [-0.2, 0) is 14.8 Å². The van der Waals surface area contributed by atoms with Crippen LogP contribution in [-0.4, -0.2) is 28.0 Å². The number of carbonyl (C=O) groups is 1. The molecule has 134 valence electrons. The number of hydrazine groups is 1. The molecule has 0 unspecified atom stereocenters. The van der Waals surface area contributed by atoms with Gasteiger partial charge in [0.25, 0.3) is 15.9 Å². The summed E-state index contributed by atoms with van der Waals surface area (Å²) in [6.07, 6.45) is 0. The van der Waals surface area contributed by atoms with Crippen LogP contribution < -0.4 is 19.7 Å². The van der Waals surface area contributed by atoms with Crippen molar-refractivity contribution in [2.24, 2.45) is 0 Å². The van der Waals surface area contributed by atoms with E-state index >= 15 is 0 Å². The summed E-state index contributed by atoms with van der Waals surface area (Å²) in [5.74, 6) is 0.455. The van der Waals surface area contributed by atoms with E-state index in [2.05, 4.69) is 5.43 Å². The topological polar surface area (TPSA) is 93.7 Å². The van der Waals surface area contributed by atoms with E-state index in [0.29, 0.717) is 11.5 Å². The quantitative estimate of drug-likeness (QED) is 0.730. The van der Waals surface area contributed by atoms with Gasteiger partial charge < -0.3 is 9.47 Å². The van der Waals surface area contributed by atoms with Gasteiger partial charge in [-0.3, -0.25) is 10.2 Å². The van der Waals surface area contributed by atoms with E-state index in [4.69, 9.17) is 9.47 Å². The highest BCUT2D eigenvalue weighted by Crippen LogP contribution is 2.16. The van der Waals surface area contributed by atoms with Crippen molar-refractivity contribution in [3.05, 3.63) is 53.6 Å². The molecule has 0 aromatic heterocycles. The Labute approximate surface area is 147 Å². The zero-order chi connectivity index (χ0) is 18.4. The lowest BCUT2D eigenvalue weighted by atomic mass is 10.1. The van der Waals surface area contributed by atoms with E-state index in [1.807, 2.05) is 30.8 Å². The molecule has 0 heterocycles. The van der Waals surface area contributed by atoms with Crippen molar-refractivity contribution in [2.75, 3.05) is 13.7 Å². The largest absolute Gasteiger partial charge is 0.497 e. The molecule has 2 aromatic rings. The zero-order valence-corrected chi connectivity index (χ0v) is 15.0. The Kier molecular flexibility index (Phi) is 6.00. The Morgan fingerprint density at radius 2 is 1.64 bits per heavy atom. The van der Waals surface area contributed by atoms with E-state index < -0.39 is 15.9 Å². The molecule has 1 amide bonds. The number of carbonyl (C=O) groups excluding carboxylic acids is 1. The summed E-state index contributed by atoms with van der Waals surface area (Å²) in [5.41, 5.74) is 4.27. The first-order valence-corrected chi connectivity index (χ1v) is 8.95. The molecule has 0 fully saturated rings. The normalized spacial score (nSPS) is 11.0. The number of methoxy groups -OCH3 is 1. The molecule has 0 bridgehead atoms. The summed E-state index contributed by atoms with van der Waals surface area (Å²) in [6, 6.07) is 11.2. The monoisotopic (exact) mass is 364 g/mol. The van der Waals surface area contributed by atoms with Crippen molar-refractivity contribution in [3.8, 4) is 11.5 Å². The van der Waals surface area contributed by atoms with Crippen LogP contribution in [0, 0.1) is 13.8 Å². The lowest BCUT2D eigenvalue weighted by Crippen LogP contribution is -2.43. The Hall–Kier alpha value is -2.58. The maximum Gasteiger partial charge on any atom is 0.272 e. The third-order valence-electron chi connectivity index (χ3n) is 3.54. The summed E-state index contributed by atoms with van der Waals surface area (Å²) in [6.45, 7) is 3.60. The summed E-state index contributed by atoms with van der Waals surface area (Å²) in [5, 5.41) is 0. The standard InChI is InChI=1S/C17H20N2O5S/c1-12-4-5-15(10-13(12)2)24-11-17(20)18-19-25(21,22)16-8-6-14(23-3)7-9-16/h4-10,19H,11H2,1-3H3,(H,18,20). The van der Waals surface area contributed by atoms with E-state index in [0.717, 1.165) is 11.1 Å². The number of nitrogens with one attached hydrogen (secondary N) is 2. The fraction of sp³-hybridized carbons (Fsp3) is 0.235. The molecule has 0 spiro atoms. The highest BCUT2D eigenvalue weighted by molar-refractivity contribution is 7.89. The fourth-order valence-electron chi connectivity index (χ4n) is 1.93. The van der Waals surface area contributed by atoms with Crippen molar-refractivity contribution in [1.29, 1.82) is 0 Å². The van der Waals surface area contributed by atoms with E-state index in [1.54, 1.807) is 6.07 Å². The Morgan fingerprint density at radius 1 is 1.00 bits per heavy atom. The molecule has 2 N–H and O–H groups in total. The number of hydrogen-bond acceptors (Lipinski definition) is 5. The third kappa shape index (κ3) is 5.20. The third-order valence-corrected chi connectivity index (χ3v) is 4.81. The fourth-order valence-corrected chi connectivity index (χ4v) is 2.79. The first-order chi connectivity index (χ1) is 11.8. The smallest absolute Gasteiger partial charge is 0.272 e. The van der Waals surface area contributed by atoms with Gasteiger partial charge in [0.15, 0.2) is 6.61 Å². The number of benzene rings is 2. The predicted molar refractivity (Wildman–Crippen MR) is 92.9 cm³/mol. The average Bonchev–Trinajstić information content (AvgIpc) is 2.61. The summed E-state index contributed by atoms with van der Waals surface area (Å²) >= 11 is 0. The van der Waals surface area contributed by atoms with Gasteiger partial charge in [-0.25, -0.2) is 8.42 Å². The van der Waals surface area contributed by atoms with Gasteiger partial charge in [-0.1, -0.05) is 6.07 Å². The van der Waals surface area contributed by atoms with Crippen LogP contribution in [0.4, 0.5) is 0 Å². The summed E-state index contributed by atoms with van der Waals surface area (Å²) in [4.78, 5) is 13.8. The Balaban J connectivity index is 1.88. The second-order valence-corrected chi connectivity index (χ2v) is 7.05. The van der Waals surface area contributed by atoms with Gasteiger partial charge in [0, 0.05) is 0 Å².